The Hall–Kier alpha value is -3.49. The average Bonchev–Trinajstić information content (AvgIpc) is 2.99. The highest BCUT2D eigenvalue weighted by Crippen LogP contribution is 2.25. The third-order valence-corrected chi connectivity index (χ3v) is 4.78. The second-order valence-corrected chi connectivity index (χ2v) is 6.93. The fraction of sp³-hybridized carbons (Fsp3) is 0.130. The van der Waals surface area contributed by atoms with E-state index in [1.165, 1.54) is 0 Å². The number of carbonyl (C=O) groups is 1. The molecule has 5 nitrogen and oxygen atoms in total. The van der Waals surface area contributed by atoms with Crippen molar-refractivity contribution in [3.05, 3.63) is 82.1 Å². The van der Waals surface area contributed by atoms with E-state index in [0.29, 0.717) is 16.5 Å². The number of carbonyl (C=O) groups excluding carboxylic acids is 1. The van der Waals surface area contributed by atoms with Gasteiger partial charge in [-0.15, -0.1) is 0 Å². The molecule has 0 aliphatic heterocycles. The van der Waals surface area contributed by atoms with Crippen LogP contribution in [0.15, 0.2) is 60.2 Å². The van der Waals surface area contributed by atoms with Crippen molar-refractivity contribution in [3.63, 3.8) is 0 Å². The van der Waals surface area contributed by atoms with Gasteiger partial charge in [0.05, 0.1) is 7.11 Å². The Labute approximate surface area is 174 Å². The van der Waals surface area contributed by atoms with Gasteiger partial charge in [-0.3, -0.25) is 4.79 Å². The van der Waals surface area contributed by atoms with Crippen LogP contribution in [0.4, 0.5) is 5.69 Å². The van der Waals surface area contributed by atoms with E-state index in [-0.39, 0.29) is 5.57 Å². The third kappa shape index (κ3) is 4.50. The Bertz CT molecular complexity index is 1120. The lowest BCUT2D eigenvalue weighted by Crippen LogP contribution is -2.13. The molecule has 3 aromatic rings. The molecule has 0 unspecified atom stereocenters. The van der Waals surface area contributed by atoms with Crippen LogP contribution in [0.2, 0.25) is 5.02 Å². The molecule has 0 radical (unpaired) electrons. The predicted octanol–water partition coefficient (Wildman–Crippen LogP) is 5.30. The molecular weight excluding hydrogens is 386 g/mol. The molecule has 2 aromatic carbocycles. The Balaban J connectivity index is 1.90. The maximum absolute atomic E-state index is 12.6. The molecule has 1 amide bonds. The molecule has 0 saturated heterocycles. The summed E-state index contributed by atoms with van der Waals surface area (Å²) in [4.78, 5) is 12.6. The lowest BCUT2D eigenvalue weighted by molar-refractivity contribution is -0.112. The van der Waals surface area contributed by atoms with Crippen LogP contribution in [0.5, 0.6) is 5.75 Å². The summed E-state index contributed by atoms with van der Waals surface area (Å²) in [7, 11) is 1.57. The van der Waals surface area contributed by atoms with Crippen LogP contribution in [-0.2, 0) is 4.79 Å². The van der Waals surface area contributed by atoms with Gasteiger partial charge in [0.25, 0.3) is 5.91 Å². The van der Waals surface area contributed by atoms with Crippen LogP contribution in [-0.4, -0.2) is 17.6 Å². The summed E-state index contributed by atoms with van der Waals surface area (Å²) in [5, 5.41) is 12.9. The molecule has 6 heteroatoms. The van der Waals surface area contributed by atoms with E-state index in [0.717, 1.165) is 22.6 Å². The number of halogens is 1. The number of anilines is 1. The molecule has 146 valence electrons. The van der Waals surface area contributed by atoms with Crippen molar-refractivity contribution >= 4 is 29.3 Å². The van der Waals surface area contributed by atoms with Gasteiger partial charge >= 0.3 is 0 Å². The zero-order chi connectivity index (χ0) is 21.0. The van der Waals surface area contributed by atoms with E-state index in [1.54, 1.807) is 37.5 Å². The summed E-state index contributed by atoms with van der Waals surface area (Å²) in [6.45, 7) is 3.91. The van der Waals surface area contributed by atoms with Gasteiger partial charge in [0.1, 0.15) is 17.4 Å². The fourth-order valence-corrected chi connectivity index (χ4v) is 3.31. The lowest BCUT2D eigenvalue weighted by Gasteiger charge is -2.10. The monoisotopic (exact) mass is 405 g/mol. The van der Waals surface area contributed by atoms with Gasteiger partial charge < -0.3 is 14.6 Å². The largest absolute Gasteiger partial charge is 0.497 e. The molecular formula is C23H20ClN3O2. The molecule has 29 heavy (non-hydrogen) atoms. The molecule has 0 atom stereocenters. The van der Waals surface area contributed by atoms with Crippen LogP contribution in [0, 0.1) is 25.2 Å². The van der Waals surface area contributed by atoms with Crippen molar-refractivity contribution in [3.8, 4) is 17.5 Å². The van der Waals surface area contributed by atoms with Crippen LogP contribution in [0.3, 0.4) is 0 Å². The van der Waals surface area contributed by atoms with Gasteiger partial charge in [0, 0.05) is 27.8 Å². The van der Waals surface area contributed by atoms with Gasteiger partial charge in [0.15, 0.2) is 0 Å². The van der Waals surface area contributed by atoms with E-state index in [1.807, 2.05) is 54.8 Å². The molecule has 0 spiro atoms. The predicted molar refractivity (Wildman–Crippen MR) is 115 cm³/mol. The average molecular weight is 406 g/mol. The zero-order valence-electron chi connectivity index (χ0n) is 16.4. The summed E-state index contributed by atoms with van der Waals surface area (Å²) in [5.74, 6) is 0.220. The zero-order valence-corrected chi connectivity index (χ0v) is 17.1. The van der Waals surface area contributed by atoms with Gasteiger partial charge in [0.2, 0.25) is 0 Å². The highest BCUT2D eigenvalue weighted by Gasteiger charge is 2.14. The summed E-state index contributed by atoms with van der Waals surface area (Å²) >= 11 is 6.12. The molecule has 0 aliphatic carbocycles. The standard InChI is InChI=1S/C23H20ClN3O2/c1-15-11-17(16(2)27(15)21-6-4-5-19(24)13-21)12-18(14-25)23(28)26-20-7-9-22(29-3)10-8-20/h4-13H,1-3H3,(H,26,28)/b18-12+. The van der Waals surface area contributed by atoms with Crippen LogP contribution >= 0.6 is 11.6 Å². The van der Waals surface area contributed by atoms with Crippen molar-refractivity contribution < 1.29 is 9.53 Å². The summed E-state index contributed by atoms with van der Waals surface area (Å²) in [6, 6.07) is 18.4. The van der Waals surface area contributed by atoms with Crippen molar-refractivity contribution in [2.24, 2.45) is 0 Å². The molecule has 1 N–H and O–H groups in total. The molecule has 0 saturated carbocycles. The van der Waals surface area contributed by atoms with E-state index < -0.39 is 5.91 Å². The Kier molecular flexibility index (Phi) is 6.06. The van der Waals surface area contributed by atoms with Gasteiger partial charge in [-0.05, 0) is 74.0 Å². The SMILES string of the molecule is COc1ccc(NC(=O)/C(C#N)=C/c2cc(C)n(-c3cccc(Cl)c3)c2C)cc1. The summed E-state index contributed by atoms with van der Waals surface area (Å²) in [6.07, 6.45) is 1.60. The van der Waals surface area contributed by atoms with Crippen molar-refractivity contribution in [2.45, 2.75) is 13.8 Å². The summed E-state index contributed by atoms with van der Waals surface area (Å²) in [5.41, 5.74) is 4.21. The Morgan fingerprint density at radius 2 is 1.90 bits per heavy atom. The lowest BCUT2D eigenvalue weighted by atomic mass is 10.1. The number of nitrogens with one attached hydrogen (secondary N) is 1. The first-order valence-corrected chi connectivity index (χ1v) is 9.33. The van der Waals surface area contributed by atoms with E-state index >= 15 is 0 Å². The Morgan fingerprint density at radius 3 is 2.52 bits per heavy atom. The first-order chi connectivity index (χ1) is 13.9. The number of hydrogen-bond donors (Lipinski definition) is 1. The number of nitriles is 1. The smallest absolute Gasteiger partial charge is 0.266 e. The molecule has 3 rings (SSSR count). The Morgan fingerprint density at radius 1 is 1.17 bits per heavy atom. The third-order valence-electron chi connectivity index (χ3n) is 4.55. The highest BCUT2D eigenvalue weighted by molar-refractivity contribution is 6.30. The van der Waals surface area contributed by atoms with Crippen LogP contribution in [0.1, 0.15) is 17.0 Å². The van der Waals surface area contributed by atoms with Crippen LogP contribution < -0.4 is 10.1 Å². The second kappa shape index (κ2) is 8.68. The van der Waals surface area contributed by atoms with Gasteiger partial charge in [-0.2, -0.15) is 5.26 Å². The number of aryl methyl sites for hydroxylation is 1. The van der Waals surface area contributed by atoms with Crippen molar-refractivity contribution in [2.75, 3.05) is 12.4 Å². The topological polar surface area (TPSA) is 67.0 Å². The maximum Gasteiger partial charge on any atom is 0.266 e. The number of aromatic nitrogens is 1. The van der Waals surface area contributed by atoms with Gasteiger partial charge in [-0.25, -0.2) is 0 Å². The quantitative estimate of drug-likeness (QED) is 0.462. The number of hydrogen-bond acceptors (Lipinski definition) is 3. The molecule has 0 fully saturated rings. The second-order valence-electron chi connectivity index (χ2n) is 6.49. The number of methoxy groups -OCH3 is 1. The minimum absolute atomic E-state index is 0.0205. The number of nitrogens with zero attached hydrogens (tertiary/aromatic N) is 2. The minimum Gasteiger partial charge on any atom is -0.497 e. The first-order valence-electron chi connectivity index (χ1n) is 8.95. The molecule has 0 bridgehead atoms. The molecule has 1 heterocycles. The van der Waals surface area contributed by atoms with Crippen LogP contribution in [0.25, 0.3) is 11.8 Å². The minimum atomic E-state index is -0.467. The number of benzene rings is 2. The fourth-order valence-electron chi connectivity index (χ4n) is 3.12. The molecule has 0 aliphatic rings. The first kappa shape index (κ1) is 20.2. The van der Waals surface area contributed by atoms with Crippen molar-refractivity contribution in [1.29, 1.82) is 5.26 Å². The number of amides is 1. The van der Waals surface area contributed by atoms with E-state index in [2.05, 4.69) is 5.32 Å². The number of rotatable bonds is 5. The highest BCUT2D eigenvalue weighted by atomic mass is 35.5. The normalized spacial score (nSPS) is 11.1. The van der Waals surface area contributed by atoms with E-state index in [9.17, 15) is 10.1 Å². The molecule has 1 aromatic heterocycles. The maximum atomic E-state index is 12.6. The van der Waals surface area contributed by atoms with E-state index in [4.69, 9.17) is 16.3 Å². The van der Waals surface area contributed by atoms with Gasteiger partial charge in [-0.1, -0.05) is 17.7 Å². The summed E-state index contributed by atoms with van der Waals surface area (Å²) < 4.78 is 7.14. The van der Waals surface area contributed by atoms with Crippen molar-refractivity contribution in [1.82, 2.24) is 4.57 Å². The number of ether oxygens (including phenoxy) is 1.